The van der Waals surface area contributed by atoms with Gasteiger partial charge < -0.3 is 34.1 Å². The van der Waals surface area contributed by atoms with Crippen molar-refractivity contribution in [1.29, 1.82) is 0 Å². The summed E-state index contributed by atoms with van der Waals surface area (Å²) >= 11 is 0. The van der Waals surface area contributed by atoms with Crippen LogP contribution in [0.2, 0.25) is 0 Å². The van der Waals surface area contributed by atoms with Crippen molar-refractivity contribution in [1.82, 2.24) is 20.0 Å². The largest absolute Gasteiger partial charge is 0.448 e. The minimum absolute atomic E-state index is 0.0399. The second kappa shape index (κ2) is 13.1. The Hall–Kier alpha value is -2.45. The molecule has 4 heterocycles. The number of halogens is 3. The smallest absolute Gasteiger partial charge is 0.416 e. The summed E-state index contributed by atoms with van der Waals surface area (Å²) in [5.41, 5.74) is -0.178. The number of carbonyl (C=O) groups is 2. The summed E-state index contributed by atoms with van der Waals surface area (Å²) in [6, 6.07) is 3.94. The molecule has 3 saturated heterocycles. The Balaban J connectivity index is 1.17. The number of benzene rings is 1. The van der Waals surface area contributed by atoms with E-state index in [1.807, 2.05) is 0 Å². The normalized spacial score (nSPS) is 31.1. The number of amides is 2. The maximum Gasteiger partial charge on any atom is 0.416 e. The van der Waals surface area contributed by atoms with Gasteiger partial charge in [-0.05, 0) is 54.9 Å². The summed E-state index contributed by atoms with van der Waals surface area (Å²) < 4.78 is 62.7. The van der Waals surface area contributed by atoms with E-state index in [4.69, 9.17) is 18.9 Å². The zero-order valence-corrected chi connectivity index (χ0v) is 25.3. The lowest BCUT2D eigenvalue weighted by atomic mass is 9.78. The Morgan fingerprint density at radius 2 is 1.91 bits per heavy atom. The van der Waals surface area contributed by atoms with Gasteiger partial charge in [-0.25, -0.2) is 4.79 Å². The van der Waals surface area contributed by atoms with Crippen LogP contribution in [-0.2, 0) is 42.9 Å². The number of alkyl halides is 3. The second-order valence-electron chi connectivity index (χ2n) is 12.8. The number of rotatable bonds is 7. The Kier molecular flexibility index (Phi) is 9.40. The molecule has 44 heavy (non-hydrogen) atoms. The minimum Gasteiger partial charge on any atom is -0.448 e. The first-order valence-corrected chi connectivity index (χ1v) is 15.7. The van der Waals surface area contributed by atoms with Crippen molar-refractivity contribution < 1.29 is 41.7 Å². The topological polar surface area (TPSA) is 92.8 Å². The van der Waals surface area contributed by atoms with Crippen molar-refractivity contribution >= 4 is 12.0 Å². The molecule has 2 amide bonds. The molecular weight excluding hydrogens is 581 g/mol. The summed E-state index contributed by atoms with van der Waals surface area (Å²) in [5.74, 6) is -0.184. The predicted octanol–water partition coefficient (Wildman–Crippen LogP) is 2.53. The van der Waals surface area contributed by atoms with Crippen LogP contribution in [0.25, 0.3) is 0 Å². The minimum atomic E-state index is -4.45. The highest BCUT2D eigenvalue weighted by molar-refractivity contribution is 5.86. The van der Waals surface area contributed by atoms with Crippen LogP contribution in [0.5, 0.6) is 0 Å². The molecule has 4 fully saturated rings. The first-order valence-electron chi connectivity index (χ1n) is 15.7. The molecule has 5 unspecified atom stereocenters. The number of hydrogen-bond acceptors (Lipinski definition) is 8. The van der Waals surface area contributed by atoms with Crippen LogP contribution in [0.4, 0.5) is 18.0 Å². The van der Waals surface area contributed by atoms with Gasteiger partial charge >= 0.3 is 12.3 Å². The molecular formula is C31H43F3N4O6. The summed E-state index contributed by atoms with van der Waals surface area (Å²) in [6.45, 7) is 6.16. The number of ether oxygens (including phenoxy) is 4. The maximum atomic E-state index is 14.5. The summed E-state index contributed by atoms with van der Waals surface area (Å²) in [4.78, 5) is 33.2. The average Bonchev–Trinajstić information content (AvgIpc) is 3.55. The van der Waals surface area contributed by atoms with E-state index in [9.17, 15) is 22.8 Å². The average molecular weight is 625 g/mol. The molecule has 0 spiro atoms. The lowest BCUT2D eigenvalue weighted by molar-refractivity contribution is -0.143. The Morgan fingerprint density at radius 3 is 2.68 bits per heavy atom. The number of nitrogens with one attached hydrogen (secondary N) is 1. The van der Waals surface area contributed by atoms with Crippen molar-refractivity contribution in [3.63, 3.8) is 0 Å². The predicted molar refractivity (Wildman–Crippen MR) is 153 cm³/mol. The molecule has 1 N–H and O–H groups in total. The van der Waals surface area contributed by atoms with Crippen LogP contribution >= 0.6 is 0 Å². The van der Waals surface area contributed by atoms with Gasteiger partial charge in [-0.3, -0.25) is 9.69 Å². The lowest BCUT2D eigenvalue weighted by Crippen LogP contribution is -2.52. The van der Waals surface area contributed by atoms with E-state index in [1.165, 1.54) is 12.1 Å². The number of morpholine rings is 1. The first-order chi connectivity index (χ1) is 21.2. The highest BCUT2D eigenvalue weighted by atomic mass is 19.4. The fraction of sp³-hybridized carbons (Fsp3) is 0.742. The molecule has 1 aromatic carbocycles. The van der Waals surface area contributed by atoms with Crippen LogP contribution in [0.15, 0.2) is 18.2 Å². The monoisotopic (exact) mass is 624 g/mol. The summed E-state index contributed by atoms with van der Waals surface area (Å²) in [7, 11) is 1.67. The maximum absolute atomic E-state index is 14.5. The molecule has 0 radical (unpaired) electrons. The number of likely N-dealkylation sites (tertiary alicyclic amines) is 1. The molecule has 1 aromatic rings. The molecule has 244 valence electrons. The highest BCUT2D eigenvalue weighted by Crippen LogP contribution is 2.51. The van der Waals surface area contributed by atoms with Gasteiger partial charge in [-0.15, -0.1) is 0 Å². The number of methoxy groups -OCH3 is 1. The van der Waals surface area contributed by atoms with Gasteiger partial charge in [-0.1, -0.05) is 6.07 Å². The molecule has 1 saturated carbocycles. The van der Waals surface area contributed by atoms with Gasteiger partial charge in [0.25, 0.3) is 0 Å². The van der Waals surface area contributed by atoms with E-state index in [2.05, 4.69) is 10.2 Å². The molecule has 5 aliphatic rings. The van der Waals surface area contributed by atoms with E-state index in [-0.39, 0.29) is 49.7 Å². The van der Waals surface area contributed by atoms with Crippen LogP contribution in [0.3, 0.4) is 0 Å². The van der Waals surface area contributed by atoms with Gasteiger partial charge in [0.05, 0.1) is 36.9 Å². The van der Waals surface area contributed by atoms with Gasteiger partial charge in [0.2, 0.25) is 5.91 Å². The highest BCUT2D eigenvalue weighted by Gasteiger charge is 2.60. The van der Waals surface area contributed by atoms with Gasteiger partial charge in [-0.2, -0.15) is 13.2 Å². The van der Waals surface area contributed by atoms with Crippen molar-refractivity contribution in [3.05, 3.63) is 34.9 Å². The third-order valence-corrected chi connectivity index (χ3v) is 10.2. The third-order valence-electron chi connectivity index (χ3n) is 10.2. The first kappa shape index (κ1) is 31.5. The van der Waals surface area contributed by atoms with Gasteiger partial charge in [0.1, 0.15) is 6.61 Å². The Morgan fingerprint density at radius 1 is 1.09 bits per heavy atom. The van der Waals surface area contributed by atoms with E-state index in [1.54, 1.807) is 16.9 Å². The second-order valence-corrected chi connectivity index (χ2v) is 12.8. The lowest BCUT2D eigenvalue weighted by Gasteiger charge is -2.38. The number of nitrogens with zero attached hydrogens (tertiary/aromatic N) is 3. The fourth-order valence-electron chi connectivity index (χ4n) is 7.81. The number of carbonyl (C=O) groups excluding carboxylic acids is 2. The Labute approximate surface area is 256 Å². The number of fused-ring (bicyclic) bond motifs is 2. The quantitative estimate of drug-likeness (QED) is 0.495. The molecule has 10 nitrogen and oxygen atoms in total. The fourth-order valence-corrected chi connectivity index (χ4v) is 7.81. The van der Waals surface area contributed by atoms with E-state index in [0.29, 0.717) is 70.9 Å². The van der Waals surface area contributed by atoms with Crippen LogP contribution in [0, 0.1) is 11.3 Å². The van der Waals surface area contributed by atoms with Crippen molar-refractivity contribution in [3.8, 4) is 0 Å². The van der Waals surface area contributed by atoms with Crippen molar-refractivity contribution in [2.24, 2.45) is 11.3 Å². The molecule has 4 aliphatic heterocycles. The summed E-state index contributed by atoms with van der Waals surface area (Å²) in [6.07, 6.45) is -2.43. The zero-order valence-electron chi connectivity index (χ0n) is 25.3. The van der Waals surface area contributed by atoms with Crippen LogP contribution in [-0.4, -0.2) is 124 Å². The molecule has 13 heteroatoms. The molecule has 0 aromatic heterocycles. The van der Waals surface area contributed by atoms with E-state index in [0.717, 1.165) is 31.1 Å². The summed E-state index contributed by atoms with van der Waals surface area (Å²) in [5, 5.41) is 3.73. The van der Waals surface area contributed by atoms with Crippen LogP contribution in [0.1, 0.15) is 36.0 Å². The molecule has 0 bridgehead atoms. The Bertz CT molecular complexity index is 1200. The SMILES string of the molecule is COC1COCCC1NC1CC2CN(C(=O)OCCN3CCOCC3)CC2(C(=O)N2CCc3ccc(C(F)(F)F)cc3C2)C1. The van der Waals surface area contributed by atoms with E-state index >= 15 is 0 Å². The van der Waals surface area contributed by atoms with Crippen molar-refractivity contribution in [2.45, 2.75) is 56.6 Å². The van der Waals surface area contributed by atoms with Crippen molar-refractivity contribution in [2.75, 3.05) is 79.4 Å². The van der Waals surface area contributed by atoms with Gasteiger partial charge in [0, 0.05) is 71.6 Å². The molecule has 1 aliphatic carbocycles. The zero-order chi connectivity index (χ0) is 30.9. The molecule has 5 atom stereocenters. The van der Waals surface area contributed by atoms with E-state index < -0.39 is 23.2 Å². The molecule has 6 rings (SSSR count). The van der Waals surface area contributed by atoms with Crippen LogP contribution < -0.4 is 5.32 Å². The van der Waals surface area contributed by atoms with Gasteiger partial charge in [0.15, 0.2) is 0 Å². The number of hydrogen-bond donors (Lipinski definition) is 1. The standard InChI is InChI=1S/C31H43F3N4O6/c1-41-27-19-43-10-5-26(27)35-25-15-24-18-38(29(40)44-13-9-36-7-11-42-12-8-36)20-30(24,16-25)28(39)37-6-4-21-2-3-23(31(32,33)34)14-22(21)17-37/h2-3,14,24-27,35H,4-13,15-20H2,1H3. The third kappa shape index (κ3) is 6.57.